The molecule has 1 aromatic heterocycles. The quantitative estimate of drug-likeness (QED) is 0.433. The van der Waals surface area contributed by atoms with Crippen LogP contribution >= 0.6 is 11.6 Å². The summed E-state index contributed by atoms with van der Waals surface area (Å²) in [6.45, 7) is 5.73. The van der Waals surface area contributed by atoms with Gasteiger partial charge in [-0.15, -0.1) is 0 Å². The molecule has 1 aliphatic heterocycles. The number of hydrogen-bond acceptors (Lipinski definition) is 7. The topological polar surface area (TPSA) is 132 Å². The third-order valence-corrected chi connectivity index (χ3v) is 6.98. The molecule has 0 radical (unpaired) electrons. The number of pyridine rings is 1. The lowest BCUT2D eigenvalue weighted by atomic mass is 10.1. The molecular weight excluding hydrogens is 551 g/mol. The summed E-state index contributed by atoms with van der Waals surface area (Å²) in [6, 6.07) is 7.46. The molecule has 1 saturated heterocycles. The Labute approximate surface area is 223 Å². The molecule has 1 aliphatic rings. The Balaban J connectivity index is 0.000000638. The standard InChI is InChI=1S/C21H28ClN5O3S.C2HF3O2/c1-3-4-11-26(2)21(28)19-14-17(15-24-20(19)27-12-9-23-10-13-27)25-31(29,30)18-7-5-16(22)6-8-18;3-2(4,5)1(6)7/h5-8,14-15,23,25H,3-4,9-13H2,1-2H3;(H,6,7). The lowest BCUT2D eigenvalue weighted by Crippen LogP contribution is -2.45. The zero-order valence-electron chi connectivity index (χ0n) is 20.8. The van der Waals surface area contributed by atoms with Crippen LogP contribution in [0.15, 0.2) is 41.4 Å². The fourth-order valence-electron chi connectivity index (χ4n) is 3.33. The van der Waals surface area contributed by atoms with Crippen molar-refractivity contribution >= 4 is 45.0 Å². The van der Waals surface area contributed by atoms with Crippen molar-refractivity contribution in [2.45, 2.75) is 30.8 Å². The fraction of sp³-hybridized carbons (Fsp3) is 0.435. The van der Waals surface area contributed by atoms with Crippen LogP contribution in [0.4, 0.5) is 24.7 Å². The van der Waals surface area contributed by atoms with E-state index in [9.17, 15) is 26.4 Å². The molecule has 0 aliphatic carbocycles. The Morgan fingerprint density at radius 3 is 2.32 bits per heavy atom. The zero-order valence-corrected chi connectivity index (χ0v) is 22.3. The first-order chi connectivity index (χ1) is 17.8. The number of unbranched alkanes of at least 4 members (excludes halogenated alkanes) is 1. The largest absolute Gasteiger partial charge is 0.490 e. The molecule has 1 fully saturated rings. The van der Waals surface area contributed by atoms with Gasteiger partial charge in [0.1, 0.15) is 5.82 Å². The van der Waals surface area contributed by atoms with Gasteiger partial charge in [0, 0.05) is 44.8 Å². The van der Waals surface area contributed by atoms with Crippen LogP contribution in [0.3, 0.4) is 0 Å². The molecule has 2 aromatic rings. The number of carboxylic acids is 1. The Kier molecular flexibility index (Phi) is 11.2. The van der Waals surface area contributed by atoms with Gasteiger partial charge in [0.2, 0.25) is 0 Å². The fourth-order valence-corrected chi connectivity index (χ4v) is 4.49. The van der Waals surface area contributed by atoms with E-state index in [1.807, 2.05) is 0 Å². The molecular formula is C23H29ClF3N5O5S. The summed E-state index contributed by atoms with van der Waals surface area (Å²) in [6.07, 6.45) is -1.77. The highest BCUT2D eigenvalue weighted by Crippen LogP contribution is 2.25. The maximum Gasteiger partial charge on any atom is 0.490 e. The van der Waals surface area contributed by atoms with Crippen molar-refractivity contribution in [1.82, 2.24) is 15.2 Å². The number of aliphatic carboxylic acids is 1. The molecule has 38 heavy (non-hydrogen) atoms. The average Bonchev–Trinajstić information content (AvgIpc) is 2.87. The van der Waals surface area contributed by atoms with E-state index in [4.69, 9.17) is 21.5 Å². The molecule has 1 aromatic carbocycles. The summed E-state index contributed by atoms with van der Waals surface area (Å²) in [5.41, 5.74) is 0.623. The lowest BCUT2D eigenvalue weighted by Gasteiger charge is -2.30. The van der Waals surface area contributed by atoms with Crippen molar-refractivity contribution in [2.24, 2.45) is 0 Å². The minimum Gasteiger partial charge on any atom is -0.475 e. The Morgan fingerprint density at radius 2 is 1.79 bits per heavy atom. The van der Waals surface area contributed by atoms with E-state index in [1.54, 1.807) is 18.0 Å². The number of carbonyl (C=O) groups is 2. The van der Waals surface area contributed by atoms with E-state index in [0.717, 1.165) is 39.0 Å². The second kappa shape index (κ2) is 13.6. The van der Waals surface area contributed by atoms with Gasteiger partial charge in [-0.05, 0) is 36.8 Å². The summed E-state index contributed by atoms with van der Waals surface area (Å²) >= 11 is 5.86. The van der Waals surface area contributed by atoms with Gasteiger partial charge in [0.15, 0.2) is 0 Å². The predicted octanol–water partition coefficient (Wildman–Crippen LogP) is 3.45. The van der Waals surface area contributed by atoms with Crippen molar-refractivity contribution in [3.8, 4) is 0 Å². The second-order valence-electron chi connectivity index (χ2n) is 8.27. The highest BCUT2D eigenvalue weighted by Gasteiger charge is 2.38. The summed E-state index contributed by atoms with van der Waals surface area (Å²) < 4.78 is 59.8. The van der Waals surface area contributed by atoms with Gasteiger partial charge in [0.05, 0.1) is 22.3 Å². The second-order valence-corrected chi connectivity index (χ2v) is 10.4. The van der Waals surface area contributed by atoms with E-state index in [0.29, 0.717) is 22.9 Å². The van der Waals surface area contributed by atoms with Crippen molar-refractivity contribution in [2.75, 3.05) is 49.4 Å². The van der Waals surface area contributed by atoms with Crippen molar-refractivity contribution < 1.29 is 36.3 Å². The Hall–Kier alpha value is -3.10. The number of benzene rings is 1. The minimum atomic E-state index is -5.08. The smallest absolute Gasteiger partial charge is 0.475 e. The third kappa shape index (κ3) is 9.03. The molecule has 1 amide bonds. The first-order valence-electron chi connectivity index (χ1n) is 11.6. The van der Waals surface area contributed by atoms with Gasteiger partial charge in [-0.1, -0.05) is 24.9 Å². The number of halogens is 4. The van der Waals surface area contributed by atoms with Crippen LogP contribution in [0.5, 0.6) is 0 Å². The number of alkyl halides is 3. The monoisotopic (exact) mass is 579 g/mol. The van der Waals surface area contributed by atoms with Crippen LogP contribution in [0.2, 0.25) is 5.02 Å². The van der Waals surface area contributed by atoms with E-state index >= 15 is 0 Å². The van der Waals surface area contributed by atoms with Crippen LogP contribution in [0, 0.1) is 0 Å². The summed E-state index contributed by atoms with van der Waals surface area (Å²) in [5, 5.41) is 10.9. The number of nitrogens with one attached hydrogen (secondary N) is 2. The number of aromatic nitrogens is 1. The minimum absolute atomic E-state index is 0.0796. The molecule has 15 heteroatoms. The van der Waals surface area contributed by atoms with Gasteiger partial charge >= 0.3 is 12.1 Å². The number of sulfonamides is 1. The number of amides is 1. The predicted molar refractivity (Wildman–Crippen MR) is 137 cm³/mol. The van der Waals surface area contributed by atoms with E-state index < -0.39 is 22.2 Å². The van der Waals surface area contributed by atoms with Gasteiger partial charge in [-0.2, -0.15) is 13.2 Å². The molecule has 0 atom stereocenters. The Morgan fingerprint density at radius 1 is 1.21 bits per heavy atom. The van der Waals surface area contributed by atoms with E-state index in [2.05, 4.69) is 26.8 Å². The van der Waals surface area contributed by atoms with Crippen LogP contribution < -0.4 is 14.9 Å². The van der Waals surface area contributed by atoms with Gasteiger partial charge in [0.25, 0.3) is 15.9 Å². The van der Waals surface area contributed by atoms with E-state index in [1.165, 1.54) is 30.5 Å². The number of piperazine rings is 1. The van der Waals surface area contributed by atoms with Gasteiger partial charge < -0.3 is 20.2 Å². The van der Waals surface area contributed by atoms with Crippen molar-refractivity contribution in [3.05, 3.63) is 47.1 Å². The summed E-state index contributed by atoms with van der Waals surface area (Å²) in [7, 11) is -2.09. The van der Waals surface area contributed by atoms with Crippen LogP contribution in [-0.4, -0.2) is 81.2 Å². The number of rotatable bonds is 8. The highest BCUT2D eigenvalue weighted by molar-refractivity contribution is 7.92. The zero-order chi connectivity index (χ0) is 28.5. The number of anilines is 2. The SMILES string of the molecule is CCCCN(C)C(=O)c1cc(NS(=O)(=O)c2ccc(Cl)cc2)cnc1N1CCNCC1.O=C(O)C(F)(F)F. The van der Waals surface area contributed by atoms with Crippen LogP contribution in [0.25, 0.3) is 0 Å². The molecule has 0 spiro atoms. The molecule has 3 N–H and O–H groups in total. The summed E-state index contributed by atoms with van der Waals surface area (Å²) in [5.74, 6) is -2.36. The first kappa shape index (κ1) is 31.1. The number of carbonyl (C=O) groups excluding carboxylic acids is 1. The van der Waals surface area contributed by atoms with Crippen LogP contribution in [-0.2, 0) is 14.8 Å². The van der Waals surface area contributed by atoms with Crippen molar-refractivity contribution in [1.29, 1.82) is 0 Å². The number of hydrogen-bond donors (Lipinski definition) is 3. The third-order valence-electron chi connectivity index (χ3n) is 5.33. The van der Waals surface area contributed by atoms with Gasteiger partial charge in [-0.25, -0.2) is 18.2 Å². The number of nitrogens with zero attached hydrogens (tertiary/aromatic N) is 3. The van der Waals surface area contributed by atoms with Crippen LogP contribution in [0.1, 0.15) is 30.1 Å². The lowest BCUT2D eigenvalue weighted by molar-refractivity contribution is -0.192. The molecule has 0 unspecified atom stereocenters. The molecule has 10 nitrogen and oxygen atoms in total. The van der Waals surface area contributed by atoms with Crippen molar-refractivity contribution in [3.63, 3.8) is 0 Å². The number of carboxylic acid groups (broad SMARTS) is 1. The molecule has 2 heterocycles. The molecule has 0 saturated carbocycles. The van der Waals surface area contributed by atoms with Gasteiger partial charge in [-0.3, -0.25) is 9.52 Å². The molecule has 3 rings (SSSR count). The maximum atomic E-state index is 13.2. The normalized spacial score (nSPS) is 13.8. The Bertz CT molecular complexity index is 1210. The molecule has 210 valence electrons. The maximum absolute atomic E-state index is 13.2. The first-order valence-corrected chi connectivity index (χ1v) is 13.4. The highest BCUT2D eigenvalue weighted by atomic mass is 35.5. The summed E-state index contributed by atoms with van der Waals surface area (Å²) in [4.78, 5) is 30.4. The van der Waals surface area contributed by atoms with E-state index in [-0.39, 0.29) is 16.5 Å². The molecule has 0 bridgehead atoms. The average molecular weight is 580 g/mol.